The topological polar surface area (TPSA) is 9.23 Å². The molecule has 0 aliphatic heterocycles. The fourth-order valence-electron chi connectivity index (χ4n) is 2.80. The fourth-order valence-corrected chi connectivity index (χ4v) is 2.80. The third-order valence-electron chi connectivity index (χ3n) is 5.03. The summed E-state index contributed by atoms with van der Waals surface area (Å²) in [6, 6.07) is 4.53. The molecule has 198 valence electrons. The van der Waals surface area contributed by atoms with Gasteiger partial charge in [-0.15, -0.1) is 0 Å². The molecule has 0 aliphatic rings. The fraction of sp³-hybridized carbons (Fsp3) is 0.667. The van der Waals surface area contributed by atoms with Crippen LogP contribution in [0.1, 0.15) is 24.5 Å². The number of ether oxygens (including phenoxy) is 1. The van der Waals surface area contributed by atoms with Gasteiger partial charge in [-0.25, -0.2) is 0 Å². The van der Waals surface area contributed by atoms with Crippen LogP contribution in [0.4, 0.5) is 65.9 Å². The van der Waals surface area contributed by atoms with Crippen LogP contribution in [0.15, 0.2) is 24.3 Å². The number of halogens is 15. The Morgan fingerprint density at radius 1 is 0.647 bits per heavy atom. The Morgan fingerprint density at radius 3 is 1.44 bits per heavy atom. The first kappa shape index (κ1) is 30.2. The molecule has 16 heteroatoms. The molecule has 34 heavy (non-hydrogen) atoms. The summed E-state index contributed by atoms with van der Waals surface area (Å²) in [6.07, 6.45) is -10.2. The molecule has 0 spiro atoms. The van der Waals surface area contributed by atoms with E-state index in [1.807, 2.05) is 0 Å². The van der Waals surface area contributed by atoms with E-state index in [1.165, 1.54) is 19.1 Å². The third-order valence-corrected chi connectivity index (χ3v) is 5.03. The summed E-state index contributed by atoms with van der Waals surface area (Å²) in [5.74, 6) is -46.7. The van der Waals surface area contributed by atoms with Gasteiger partial charge in [-0.1, -0.05) is 29.8 Å². The molecule has 0 heterocycles. The highest BCUT2D eigenvalue weighted by Crippen LogP contribution is 2.63. The number of alkyl halides is 15. The van der Waals surface area contributed by atoms with Crippen LogP contribution in [0.3, 0.4) is 0 Å². The largest absolute Gasteiger partial charge is 0.460 e. The summed E-state index contributed by atoms with van der Waals surface area (Å²) >= 11 is 0. The molecule has 1 aromatic rings. The third kappa shape index (κ3) is 4.30. The first-order valence-corrected chi connectivity index (χ1v) is 8.73. The van der Waals surface area contributed by atoms with Crippen LogP contribution in [0.5, 0.6) is 0 Å². The van der Waals surface area contributed by atoms with Crippen molar-refractivity contribution in [3.05, 3.63) is 35.4 Å². The van der Waals surface area contributed by atoms with Gasteiger partial charge in [0, 0.05) is 7.11 Å². The Bertz CT molecular complexity index is 874. The van der Waals surface area contributed by atoms with Crippen molar-refractivity contribution < 1.29 is 70.6 Å². The number of hydrogen-bond acceptors (Lipinski definition) is 1. The molecule has 0 radical (unpaired) electrons. The standard InChI is InChI=1S/C18H15F15O/c1-9-5-4-6-10(7-9)11(2,34-3)8-12(19,20)13(21,22)14(23,24)15(25,26)16(27,28)17(29,30)18(31,32)33/h4-7H,8H2,1-3H3. The lowest BCUT2D eigenvalue weighted by Gasteiger charge is -2.43. The molecule has 0 amide bonds. The van der Waals surface area contributed by atoms with Gasteiger partial charge in [0.2, 0.25) is 0 Å². The molecule has 1 nitrogen and oxygen atoms in total. The van der Waals surface area contributed by atoms with Gasteiger partial charge in [0.1, 0.15) is 0 Å². The van der Waals surface area contributed by atoms with Crippen LogP contribution in [0.2, 0.25) is 0 Å². The van der Waals surface area contributed by atoms with Crippen LogP contribution in [-0.4, -0.2) is 48.8 Å². The van der Waals surface area contributed by atoms with E-state index in [0.717, 1.165) is 12.1 Å². The predicted molar refractivity (Wildman–Crippen MR) is 85.9 cm³/mol. The zero-order valence-electron chi connectivity index (χ0n) is 17.1. The van der Waals surface area contributed by atoms with Gasteiger partial charge in [0.15, 0.2) is 0 Å². The monoisotopic (exact) mass is 532 g/mol. The first-order valence-electron chi connectivity index (χ1n) is 8.73. The zero-order chi connectivity index (χ0) is 27.4. The van der Waals surface area contributed by atoms with Crippen LogP contribution in [-0.2, 0) is 10.3 Å². The summed E-state index contributed by atoms with van der Waals surface area (Å²) in [4.78, 5) is 0. The predicted octanol–water partition coefficient (Wildman–Crippen LogP) is 7.62. The van der Waals surface area contributed by atoms with E-state index in [4.69, 9.17) is 0 Å². The van der Waals surface area contributed by atoms with Crippen molar-refractivity contribution in [2.45, 2.75) is 67.6 Å². The number of methoxy groups -OCH3 is 1. The van der Waals surface area contributed by atoms with Crippen LogP contribution in [0, 0.1) is 6.92 Å². The van der Waals surface area contributed by atoms with E-state index in [1.54, 1.807) is 0 Å². The van der Waals surface area contributed by atoms with Gasteiger partial charge in [-0.2, -0.15) is 65.9 Å². The maximum atomic E-state index is 14.3. The van der Waals surface area contributed by atoms with Crippen molar-refractivity contribution in [3.63, 3.8) is 0 Å². The highest BCUT2D eigenvalue weighted by Gasteiger charge is 2.93. The zero-order valence-corrected chi connectivity index (χ0v) is 17.1. The maximum Gasteiger partial charge on any atom is 0.460 e. The quantitative estimate of drug-likeness (QED) is 0.298. The molecule has 0 saturated heterocycles. The Kier molecular flexibility index (Phi) is 7.42. The molecule has 1 unspecified atom stereocenters. The van der Waals surface area contributed by atoms with Crippen molar-refractivity contribution in [1.82, 2.24) is 0 Å². The van der Waals surface area contributed by atoms with Crippen LogP contribution < -0.4 is 0 Å². The lowest BCUT2D eigenvalue weighted by molar-refractivity contribution is -0.453. The van der Waals surface area contributed by atoms with E-state index in [-0.39, 0.29) is 0 Å². The lowest BCUT2D eigenvalue weighted by atomic mass is 9.83. The Morgan fingerprint density at radius 2 is 1.06 bits per heavy atom. The summed E-state index contributed by atoms with van der Waals surface area (Å²) in [6.45, 7) is 1.97. The second-order valence-corrected chi connectivity index (χ2v) is 7.56. The van der Waals surface area contributed by atoms with Crippen molar-refractivity contribution in [2.75, 3.05) is 7.11 Å². The Hall–Kier alpha value is -1.87. The molecule has 1 rings (SSSR count). The van der Waals surface area contributed by atoms with Gasteiger partial charge in [-0.05, 0) is 19.4 Å². The van der Waals surface area contributed by atoms with Gasteiger partial charge < -0.3 is 4.74 Å². The first-order chi connectivity index (χ1) is 14.8. The molecule has 1 aromatic carbocycles. The van der Waals surface area contributed by atoms with Crippen molar-refractivity contribution in [2.24, 2.45) is 0 Å². The number of benzene rings is 1. The van der Waals surface area contributed by atoms with Gasteiger partial charge >= 0.3 is 41.7 Å². The maximum absolute atomic E-state index is 14.3. The SMILES string of the molecule is COC(C)(CC(F)(F)C(F)(F)C(F)(F)C(F)(F)C(F)(F)C(F)(F)C(F)(F)F)c1cccc(C)c1. The van der Waals surface area contributed by atoms with Crippen molar-refractivity contribution in [1.29, 1.82) is 0 Å². The second kappa shape index (κ2) is 8.36. The highest BCUT2D eigenvalue weighted by atomic mass is 19.4. The molecule has 0 bridgehead atoms. The van der Waals surface area contributed by atoms with E-state index in [2.05, 4.69) is 4.74 Å². The van der Waals surface area contributed by atoms with Crippen molar-refractivity contribution in [3.8, 4) is 0 Å². The highest BCUT2D eigenvalue weighted by molar-refractivity contribution is 5.28. The minimum absolute atomic E-state index is 0.293. The molecule has 0 N–H and O–H groups in total. The van der Waals surface area contributed by atoms with Crippen molar-refractivity contribution >= 4 is 0 Å². The number of hydrogen-bond donors (Lipinski definition) is 0. The van der Waals surface area contributed by atoms with Crippen LogP contribution in [0.25, 0.3) is 0 Å². The van der Waals surface area contributed by atoms with Gasteiger partial charge in [0.05, 0.1) is 12.0 Å². The summed E-state index contributed by atoms with van der Waals surface area (Å²) in [5.41, 5.74) is -2.76. The molecule has 0 aromatic heterocycles. The molecule has 0 aliphatic carbocycles. The Balaban J connectivity index is 3.60. The average Bonchev–Trinajstić information content (AvgIpc) is 2.65. The molecule has 1 atom stereocenters. The molecular formula is C18H15F15O. The number of aryl methyl sites for hydroxylation is 1. The molecule has 0 fully saturated rings. The van der Waals surface area contributed by atoms with Crippen LogP contribution >= 0.6 is 0 Å². The smallest absolute Gasteiger partial charge is 0.374 e. The molecule has 0 saturated carbocycles. The second-order valence-electron chi connectivity index (χ2n) is 7.56. The van der Waals surface area contributed by atoms with E-state index in [9.17, 15) is 65.9 Å². The van der Waals surface area contributed by atoms with Gasteiger partial charge in [-0.3, -0.25) is 0 Å². The summed E-state index contributed by atoms with van der Waals surface area (Å²) in [5, 5.41) is 0. The summed E-state index contributed by atoms with van der Waals surface area (Å²) < 4.78 is 205. The Labute approximate surface area is 181 Å². The lowest BCUT2D eigenvalue weighted by Crippen LogP contribution is -2.72. The number of rotatable bonds is 9. The average molecular weight is 532 g/mol. The minimum Gasteiger partial charge on any atom is -0.374 e. The van der Waals surface area contributed by atoms with Gasteiger partial charge in [0.25, 0.3) is 0 Å². The van der Waals surface area contributed by atoms with E-state index >= 15 is 0 Å². The molecular weight excluding hydrogens is 517 g/mol. The van der Waals surface area contributed by atoms with E-state index in [0.29, 0.717) is 19.6 Å². The minimum atomic E-state index is -8.31. The van der Waals surface area contributed by atoms with E-state index < -0.39 is 59.3 Å². The normalized spacial score (nSPS) is 17.0. The summed E-state index contributed by atoms with van der Waals surface area (Å²) in [7, 11) is 0.612.